The number of carbonyl (C=O) groups excluding carboxylic acids is 1. The number of nitrogens with one attached hydrogen (secondary N) is 2. The lowest BCUT2D eigenvalue weighted by Crippen LogP contribution is -2.46. The van der Waals surface area contributed by atoms with Gasteiger partial charge in [-0.2, -0.15) is 18.3 Å². The number of hydrogen-bond donors (Lipinski definition) is 2. The molecule has 7 nitrogen and oxygen atoms in total. The van der Waals surface area contributed by atoms with Gasteiger partial charge >= 0.3 is 6.18 Å². The van der Waals surface area contributed by atoms with Crippen molar-refractivity contribution < 1.29 is 27.4 Å². The number of aromatic nitrogens is 2. The summed E-state index contributed by atoms with van der Waals surface area (Å²) >= 11 is 0. The predicted octanol–water partition coefficient (Wildman–Crippen LogP) is 5.51. The molecule has 2 aromatic rings. The van der Waals surface area contributed by atoms with Gasteiger partial charge in [0.2, 0.25) is 0 Å². The number of ether oxygens (including phenoxy) is 2. The normalized spacial score (nSPS) is 18.6. The van der Waals surface area contributed by atoms with E-state index < -0.39 is 29.7 Å². The molecule has 188 valence electrons. The zero-order valence-electron chi connectivity index (χ0n) is 20.6. The van der Waals surface area contributed by atoms with Gasteiger partial charge in [0, 0.05) is 12.0 Å². The van der Waals surface area contributed by atoms with E-state index in [9.17, 15) is 18.0 Å². The van der Waals surface area contributed by atoms with Gasteiger partial charge in [-0.05, 0) is 43.4 Å². The molecule has 1 aromatic heterocycles. The van der Waals surface area contributed by atoms with E-state index in [4.69, 9.17) is 9.47 Å². The number of rotatable bonds is 6. The highest BCUT2D eigenvalue weighted by Gasteiger charge is 2.47. The second-order valence-corrected chi connectivity index (χ2v) is 10.5. The molecule has 0 saturated heterocycles. The van der Waals surface area contributed by atoms with Crippen LogP contribution in [-0.4, -0.2) is 41.6 Å². The highest BCUT2D eigenvalue weighted by molar-refractivity contribution is 5.99. The van der Waals surface area contributed by atoms with E-state index in [2.05, 4.69) is 36.5 Å². The number of carbonyl (C=O) groups is 1. The number of nitrogens with zero attached hydrogens (tertiary/aromatic N) is 2. The maximum Gasteiger partial charge on any atom is 0.410 e. The summed E-state index contributed by atoms with van der Waals surface area (Å²) in [5, 5.41) is 10.0. The van der Waals surface area contributed by atoms with Crippen LogP contribution in [0.3, 0.4) is 0 Å². The van der Waals surface area contributed by atoms with Gasteiger partial charge in [0.1, 0.15) is 11.4 Å². The Morgan fingerprint density at radius 3 is 2.35 bits per heavy atom. The molecule has 0 saturated carbocycles. The standard InChI is InChI=1S/C24H33F3N4O3/c1-22(2,3)13-23(4,5)30-21(32)15-12-28-31-19(24(25,26)27)11-16(29-20(15)31)14-8-9-17(33-6)18(10-14)34-7/h8-10,12,16,19,29H,11,13H2,1-7H3,(H,30,32)/t16-,19+/m0/s1. The summed E-state index contributed by atoms with van der Waals surface area (Å²) in [6, 6.07) is 2.37. The number of alkyl halides is 3. The van der Waals surface area contributed by atoms with Crippen molar-refractivity contribution in [1.29, 1.82) is 0 Å². The summed E-state index contributed by atoms with van der Waals surface area (Å²) in [7, 11) is 2.95. The molecule has 1 aliphatic rings. The minimum atomic E-state index is -4.54. The molecular weight excluding hydrogens is 449 g/mol. The third kappa shape index (κ3) is 5.59. The second-order valence-electron chi connectivity index (χ2n) is 10.5. The van der Waals surface area contributed by atoms with Crippen LogP contribution in [0.2, 0.25) is 0 Å². The molecule has 0 spiro atoms. The van der Waals surface area contributed by atoms with Gasteiger partial charge in [-0.25, -0.2) is 4.68 Å². The Morgan fingerprint density at radius 1 is 1.15 bits per heavy atom. The lowest BCUT2D eigenvalue weighted by atomic mass is 9.81. The van der Waals surface area contributed by atoms with E-state index in [1.807, 2.05) is 13.8 Å². The van der Waals surface area contributed by atoms with Crippen LogP contribution in [-0.2, 0) is 0 Å². The Balaban J connectivity index is 1.97. The van der Waals surface area contributed by atoms with Crippen molar-refractivity contribution in [3.63, 3.8) is 0 Å². The van der Waals surface area contributed by atoms with Crippen LogP contribution >= 0.6 is 0 Å². The molecule has 0 fully saturated rings. The van der Waals surface area contributed by atoms with Gasteiger partial charge in [0.15, 0.2) is 17.5 Å². The van der Waals surface area contributed by atoms with Crippen LogP contribution in [0.4, 0.5) is 19.0 Å². The van der Waals surface area contributed by atoms with E-state index in [1.54, 1.807) is 18.2 Å². The van der Waals surface area contributed by atoms with Crippen LogP contribution in [0, 0.1) is 5.41 Å². The van der Waals surface area contributed by atoms with E-state index in [0.717, 1.165) is 4.68 Å². The number of amides is 1. The van der Waals surface area contributed by atoms with Crippen LogP contribution in [0.25, 0.3) is 0 Å². The number of benzene rings is 1. The van der Waals surface area contributed by atoms with Gasteiger partial charge in [-0.1, -0.05) is 26.8 Å². The predicted molar refractivity (Wildman–Crippen MR) is 123 cm³/mol. The van der Waals surface area contributed by atoms with Crippen molar-refractivity contribution in [3.05, 3.63) is 35.5 Å². The fraction of sp³-hybridized carbons (Fsp3) is 0.583. The lowest BCUT2D eigenvalue weighted by molar-refractivity contribution is -0.173. The molecule has 2 atom stereocenters. The molecule has 2 heterocycles. The highest BCUT2D eigenvalue weighted by atomic mass is 19.4. The van der Waals surface area contributed by atoms with Crippen molar-refractivity contribution in [3.8, 4) is 11.5 Å². The average Bonchev–Trinajstić information content (AvgIpc) is 3.13. The number of halogens is 3. The van der Waals surface area contributed by atoms with Crippen molar-refractivity contribution in [2.75, 3.05) is 19.5 Å². The molecule has 2 N–H and O–H groups in total. The summed E-state index contributed by atoms with van der Waals surface area (Å²) in [4.78, 5) is 13.1. The van der Waals surface area contributed by atoms with Gasteiger partial charge in [-0.3, -0.25) is 4.79 Å². The second kappa shape index (κ2) is 9.03. The Kier molecular flexibility index (Phi) is 6.83. The Morgan fingerprint density at radius 2 is 1.79 bits per heavy atom. The third-order valence-corrected chi connectivity index (χ3v) is 5.72. The maximum atomic E-state index is 14.0. The van der Waals surface area contributed by atoms with Gasteiger partial charge in [0.25, 0.3) is 5.91 Å². The number of hydrogen-bond acceptors (Lipinski definition) is 5. The number of fused-ring (bicyclic) bond motifs is 1. The Labute approximate surface area is 198 Å². The van der Waals surface area contributed by atoms with Crippen LogP contribution in [0.5, 0.6) is 11.5 Å². The fourth-order valence-corrected chi connectivity index (χ4v) is 4.76. The van der Waals surface area contributed by atoms with Crippen LogP contribution in [0.15, 0.2) is 24.4 Å². The first-order valence-corrected chi connectivity index (χ1v) is 11.1. The number of methoxy groups -OCH3 is 2. The van der Waals surface area contributed by atoms with Crippen molar-refractivity contribution in [1.82, 2.24) is 15.1 Å². The molecule has 1 aliphatic heterocycles. The molecule has 0 aliphatic carbocycles. The SMILES string of the molecule is COc1ccc([C@@H]2C[C@H](C(F)(F)F)n3ncc(C(=O)NC(C)(C)CC(C)(C)C)c3N2)cc1OC. The molecule has 0 unspecified atom stereocenters. The van der Waals surface area contributed by atoms with Gasteiger partial charge in [-0.15, -0.1) is 0 Å². The zero-order valence-corrected chi connectivity index (χ0v) is 20.6. The fourth-order valence-electron chi connectivity index (χ4n) is 4.76. The summed E-state index contributed by atoms with van der Waals surface area (Å²) in [6.07, 6.45) is -2.95. The summed E-state index contributed by atoms with van der Waals surface area (Å²) < 4.78 is 53.4. The maximum absolute atomic E-state index is 14.0. The van der Waals surface area contributed by atoms with E-state index in [0.29, 0.717) is 23.5 Å². The lowest BCUT2D eigenvalue weighted by Gasteiger charge is -2.35. The van der Waals surface area contributed by atoms with E-state index in [1.165, 1.54) is 20.4 Å². The Hall–Kier alpha value is -2.91. The summed E-state index contributed by atoms with van der Waals surface area (Å²) in [5.74, 6) is 0.446. The molecule has 0 radical (unpaired) electrons. The third-order valence-electron chi connectivity index (χ3n) is 5.72. The Bertz CT molecular complexity index is 1040. The quantitative estimate of drug-likeness (QED) is 0.568. The largest absolute Gasteiger partial charge is 0.493 e. The highest BCUT2D eigenvalue weighted by Crippen LogP contribution is 2.45. The molecule has 1 amide bonds. The van der Waals surface area contributed by atoms with Crippen molar-refractivity contribution in [2.24, 2.45) is 5.41 Å². The topological polar surface area (TPSA) is 77.4 Å². The van der Waals surface area contributed by atoms with Gasteiger partial charge < -0.3 is 20.1 Å². The van der Waals surface area contributed by atoms with Crippen molar-refractivity contribution >= 4 is 11.7 Å². The molecule has 1 aromatic carbocycles. The first-order chi connectivity index (χ1) is 15.6. The first kappa shape index (κ1) is 25.7. The van der Waals surface area contributed by atoms with Gasteiger partial charge in [0.05, 0.1) is 26.5 Å². The summed E-state index contributed by atoms with van der Waals surface area (Å²) in [5.41, 5.74) is 0.0402. The number of anilines is 1. The molecule has 3 rings (SSSR count). The average molecular weight is 483 g/mol. The molecule has 34 heavy (non-hydrogen) atoms. The van der Waals surface area contributed by atoms with Crippen LogP contribution in [0.1, 0.15) is 75.5 Å². The smallest absolute Gasteiger partial charge is 0.410 e. The molecule has 0 bridgehead atoms. The van der Waals surface area contributed by atoms with E-state index >= 15 is 0 Å². The minimum absolute atomic E-state index is 0.0393. The zero-order chi connectivity index (χ0) is 25.5. The van der Waals surface area contributed by atoms with Crippen molar-refractivity contribution in [2.45, 2.75) is 71.3 Å². The summed E-state index contributed by atoms with van der Waals surface area (Å²) in [6.45, 7) is 9.97. The minimum Gasteiger partial charge on any atom is -0.493 e. The van der Waals surface area contributed by atoms with Crippen LogP contribution < -0.4 is 20.1 Å². The van der Waals surface area contributed by atoms with E-state index in [-0.39, 0.29) is 23.2 Å². The molecule has 10 heteroatoms. The molecular formula is C24H33F3N4O3. The first-order valence-electron chi connectivity index (χ1n) is 11.1. The monoisotopic (exact) mass is 482 g/mol.